The zero-order valence-corrected chi connectivity index (χ0v) is 20.0. The molecule has 1 fully saturated rings. The number of hydrogen-bond donors (Lipinski definition) is 2. The van der Waals surface area contributed by atoms with Crippen LogP contribution in [0, 0.1) is 0 Å². The summed E-state index contributed by atoms with van der Waals surface area (Å²) in [5.74, 6) is -0.371. The molecule has 7 nitrogen and oxygen atoms in total. The predicted molar refractivity (Wildman–Crippen MR) is 138 cm³/mol. The van der Waals surface area contributed by atoms with Gasteiger partial charge in [0.25, 0.3) is 11.8 Å². The van der Waals surface area contributed by atoms with Crippen molar-refractivity contribution in [2.75, 3.05) is 7.11 Å². The quantitative estimate of drug-likeness (QED) is 0.395. The van der Waals surface area contributed by atoms with Crippen molar-refractivity contribution >= 4 is 22.6 Å². The first-order valence-corrected chi connectivity index (χ1v) is 12.0. The normalized spacial score (nSPS) is 12.8. The second kappa shape index (κ2) is 10.1. The van der Waals surface area contributed by atoms with E-state index in [0.717, 1.165) is 34.7 Å². The smallest absolute Gasteiger partial charge is 0.257 e. The maximum atomic E-state index is 13.2. The minimum atomic E-state index is -0.583. The molecule has 1 aliphatic rings. The topological polar surface area (TPSA) is 89.4 Å². The Morgan fingerprint density at radius 2 is 1.50 bits per heavy atom. The van der Waals surface area contributed by atoms with Gasteiger partial charge in [0.15, 0.2) is 0 Å². The van der Waals surface area contributed by atoms with Gasteiger partial charge < -0.3 is 19.9 Å². The van der Waals surface area contributed by atoms with Crippen molar-refractivity contribution in [1.82, 2.24) is 15.2 Å². The highest BCUT2D eigenvalue weighted by Crippen LogP contribution is 2.34. The van der Waals surface area contributed by atoms with Crippen molar-refractivity contribution in [2.24, 2.45) is 0 Å². The van der Waals surface area contributed by atoms with Gasteiger partial charge in [-0.2, -0.15) is 0 Å². The van der Waals surface area contributed by atoms with Crippen LogP contribution >= 0.6 is 0 Å². The number of carbonyl (C=O) groups is 2. The summed E-state index contributed by atoms with van der Waals surface area (Å²) < 4.78 is 7.33. The van der Waals surface area contributed by atoms with Gasteiger partial charge in [-0.25, -0.2) is 0 Å². The van der Waals surface area contributed by atoms with E-state index >= 15 is 0 Å². The van der Waals surface area contributed by atoms with Gasteiger partial charge in [-0.05, 0) is 35.2 Å². The van der Waals surface area contributed by atoms with E-state index < -0.39 is 17.2 Å². The number of amides is 2. The molecule has 0 bridgehead atoms. The molecule has 1 aliphatic carbocycles. The number of methoxy groups -OCH3 is 1. The lowest BCUT2D eigenvalue weighted by molar-refractivity contribution is 0.0947. The largest absolute Gasteiger partial charge is 0.496 e. The maximum Gasteiger partial charge on any atom is 0.257 e. The molecule has 2 N–H and O–H groups in total. The van der Waals surface area contributed by atoms with E-state index in [2.05, 4.69) is 10.6 Å². The highest BCUT2D eigenvalue weighted by Gasteiger charge is 2.27. The average Bonchev–Trinajstić information content (AvgIpc) is 3.76. The van der Waals surface area contributed by atoms with E-state index in [0.29, 0.717) is 12.3 Å². The van der Waals surface area contributed by atoms with Crippen LogP contribution in [-0.4, -0.2) is 23.5 Å². The first-order valence-electron chi connectivity index (χ1n) is 12.0. The molecule has 0 spiro atoms. The summed E-state index contributed by atoms with van der Waals surface area (Å²) in [5, 5.41) is 7.65. The van der Waals surface area contributed by atoms with E-state index in [1.54, 1.807) is 19.5 Å². The van der Waals surface area contributed by atoms with E-state index in [4.69, 9.17) is 4.74 Å². The molecule has 0 atom stereocenters. The molecule has 0 unspecified atom stereocenters. The molecule has 3 aromatic carbocycles. The van der Waals surface area contributed by atoms with E-state index in [-0.39, 0.29) is 23.7 Å². The summed E-state index contributed by atoms with van der Waals surface area (Å²) in [6.45, 7) is 0.469. The first kappa shape index (κ1) is 23.4. The summed E-state index contributed by atoms with van der Waals surface area (Å²) in [4.78, 5) is 39.4. The predicted octanol–water partition coefficient (Wildman–Crippen LogP) is 4.21. The Morgan fingerprint density at radius 3 is 2.17 bits per heavy atom. The summed E-state index contributed by atoms with van der Waals surface area (Å²) in [5.41, 5.74) is 1.08. The van der Waals surface area contributed by atoms with Gasteiger partial charge in [-0.1, -0.05) is 60.7 Å². The van der Waals surface area contributed by atoms with Gasteiger partial charge in [0.1, 0.15) is 16.9 Å². The molecule has 4 aromatic rings. The summed E-state index contributed by atoms with van der Waals surface area (Å²) >= 11 is 0. The van der Waals surface area contributed by atoms with Crippen molar-refractivity contribution in [1.29, 1.82) is 0 Å². The Labute approximate surface area is 208 Å². The van der Waals surface area contributed by atoms with Gasteiger partial charge in [-0.15, -0.1) is 0 Å². The fourth-order valence-corrected chi connectivity index (χ4v) is 4.33. The first-order chi connectivity index (χ1) is 17.5. The molecule has 0 saturated heterocycles. The molecule has 1 aromatic heterocycles. The van der Waals surface area contributed by atoms with Crippen LogP contribution in [0.5, 0.6) is 5.75 Å². The van der Waals surface area contributed by atoms with Gasteiger partial charge in [-0.3, -0.25) is 14.4 Å². The number of nitrogens with zero attached hydrogens (tertiary/aromatic N) is 1. The SMILES string of the molecule is COc1ccc2ccccc2c1CNC(=O)c1cn(C2CC2)cc(C(=O)NCc2ccccc2)c1=O. The average molecular weight is 482 g/mol. The number of fused-ring (bicyclic) bond motifs is 1. The number of ether oxygens (including phenoxy) is 1. The number of carbonyl (C=O) groups excluding carboxylic acids is 2. The number of pyridine rings is 1. The highest BCUT2D eigenvalue weighted by atomic mass is 16.5. The van der Waals surface area contributed by atoms with Crippen LogP contribution < -0.4 is 20.8 Å². The second-order valence-electron chi connectivity index (χ2n) is 8.91. The Balaban J connectivity index is 1.41. The highest BCUT2D eigenvalue weighted by molar-refractivity contribution is 5.99. The van der Waals surface area contributed by atoms with Crippen molar-refractivity contribution in [2.45, 2.75) is 32.0 Å². The molecule has 5 rings (SSSR count). The van der Waals surface area contributed by atoms with Crippen molar-refractivity contribution in [3.05, 3.63) is 112 Å². The number of hydrogen-bond acceptors (Lipinski definition) is 4. The number of nitrogens with one attached hydrogen (secondary N) is 2. The zero-order valence-electron chi connectivity index (χ0n) is 20.0. The van der Waals surface area contributed by atoms with Crippen LogP contribution in [0.3, 0.4) is 0 Å². The molecular weight excluding hydrogens is 454 g/mol. The standard InChI is InChI=1S/C29H27N3O4/c1-36-26-14-11-20-9-5-6-10-22(20)23(26)16-31-29(35)25-18-32(21-12-13-21)17-24(27(25)33)28(34)30-15-19-7-3-2-4-8-19/h2-11,14,17-18,21H,12-13,15-16H2,1H3,(H,30,34)(H,31,35). The van der Waals surface area contributed by atoms with E-state index in [1.165, 1.54) is 0 Å². The van der Waals surface area contributed by atoms with Gasteiger partial charge in [0.05, 0.1) is 7.11 Å². The van der Waals surface area contributed by atoms with Crippen molar-refractivity contribution < 1.29 is 14.3 Å². The summed E-state index contributed by atoms with van der Waals surface area (Å²) in [7, 11) is 1.58. The third-order valence-electron chi connectivity index (χ3n) is 6.44. The number of aromatic nitrogens is 1. The van der Waals surface area contributed by atoms with E-state index in [9.17, 15) is 14.4 Å². The lowest BCUT2D eigenvalue weighted by Gasteiger charge is -2.14. The van der Waals surface area contributed by atoms with Crippen LogP contribution in [0.25, 0.3) is 10.8 Å². The van der Waals surface area contributed by atoms with E-state index in [1.807, 2.05) is 71.3 Å². The molecule has 0 radical (unpaired) electrons. The summed E-state index contributed by atoms with van der Waals surface area (Å²) in [6, 6.07) is 21.3. The van der Waals surface area contributed by atoms with Crippen LogP contribution in [0.1, 0.15) is 50.7 Å². The minimum Gasteiger partial charge on any atom is -0.496 e. The Bertz CT molecular complexity index is 1490. The lowest BCUT2D eigenvalue weighted by Crippen LogP contribution is -2.35. The maximum absolute atomic E-state index is 13.2. The molecular formula is C29H27N3O4. The molecule has 1 saturated carbocycles. The molecule has 36 heavy (non-hydrogen) atoms. The van der Waals surface area contributed by atoms with Gasteiger partial charge in [0.2, 0.25) is 5.43 Å². The van der Waals surface area contributed by atoms with Crippen molar-refractivity contribution in [3.63, 3.8) is 0 Å². The molecule has 7 heteroatoms. The fourth-order valence-electron chi connectivity index (χ4n) is 4.33. The third-order valence-corrected chi connectivity index (χ3v) is 6.44. The lowest BCUT2D eigenvalue weighted by atomic mass is 10.0. The minimum absolute atomic E-state index is 0.0341. The Morgan fingerprint density at radius 1 is 0.861 bits per heavy atom. The second-order valence-corrected chi connectivity index (χ2v) is 8.91. The molecule has 2 amide bonds. The third kappa shape index (κ3) is 4.86. The Kier molecular flexibility index (Phi) is 6.54. The monoisotopic (exact) mass is 481 g/mol. The fraction of sp³-hybridized carbons (Fsp3) is 0.207. The molecule has 182 valence electrons. The number of benzene rings is 3. The molecule has 0 aliphatic heterocycles. The zero-order chi connectivity index (χ0) is 25.1. The Hall–Kier alpha value is -4.39. The van der Waals surface area contributed by atoms with Crippen LogP contribution in [0.4, 0.5) is 0 Å². The van der Waals surface area contributed by atoms with Crippen molar-refractivity contribution in [3.8, 4) is 5.75 Å². The summed E-state index contributed by atoms with van der Waals surface area (Å²) in [6.07, 6.45) is 5.01. The van der Waals surface area contributed by atoms with Crippen LogP contribution in [0.15, 0.2) is 83.9 Å². The number of rotatable bonds is 8. The van der Waals surface area contributed by atoms with Gasteiger partial charge in [0, 0.05) is 37.1 Å². The van der Waals surface area contributed by atoms with Crippen LogP contribution in [0.2, 0.25) is 0 Å². The van der Waals surface area contributed by atoms with Gasteiger partial charge >= 0.3 is 0 Å². The van der Waals surface area contributed by atoms with Crippen LogP contribution in [-0.2, 0) is 13.1 Å². The molecule has 1 heterocycles.